The third-order valence-corrected chi connectivity index (χ3v) is 6.80. The van der Waals surface area contributed by atoms with Crippen LogP contribution in [0.3, 0.4) is 0 Å². The number of carbonyl (C=O) groups is 6. The van der Waals surface area contributed by atoms with Gasteiger partial charge in [-0.15, -0.1) is 0 Å². The number of amides is 2. The van der Waals surface area contributed by atoms with Crippen LogP contribution >= 0.6 is 0 Å². The largest absolute Gasteiger partial charge is 0.463 e. The summed E-state index contributed by atoms with van der Waals surface area (Å²) in [6.45, 7) is 5.66. The summed E-state index contributed by atoms with van der Waals surface area (Å²) in [5.41, 5.74) is 0. The summed E-state index contributed by atoms with van der Waals surface area (Å²) < 4.78 is 21.3. The zero-order chi connectivity index (χ0) is 31.3. The number of ether oxygens (including phenoxy) is 4. The minimum absolute atomic E-state index is 0.265. The minimum atomic E-state index is -1.30. The van der Waals surface area contributed by atoms with Gasteiger partial charge in [0, 0.05) is 13.8 Å². The fourth-order valence-electron chi connectivity index (χ4n) is 4.51. The molecule has 1 rings (SSSR count). The first kappa shape index (κ1) is 36.8. The average molecular weight is 599 g/mol. The van der Waals surface area contributed by atoms with E-state index in [1.54, 1.807) is 0 Å². The van der Waals surface area contributed by atoms with Crippen molar-refractivity contribution >= 4 is 35.7 Å². The second-order valence-corrected chi connectivity index (χ2v) is 10.8. The lowest BCUT2D eigenvalue weighted by Gasteiger charge is -2.26. The SMILES string of the molecule is CCCCCCCC1CC(=O)NC(COC(C)=O)C(=O)OC(CCCCCCC)CC(=O)NC(COC(C)=O)C(=O)O1. The Morgan fingerprint density at radius 1 is 0.643 bits per heavy atom. The van der Waals surface area contributed by atoms with Crippen molar-refractivity contribution in [1.82, 2.24) is 10.6 Å². The van der Waals surface area contributed by atoms with E-state index < -0.39 is 73.2 Å². The molecule has 0 aromatic rings. The molecule has 2 amide bonds. The molecular formula is C30H50N2O10. The Morgan fingerprint density at radius 2 is 1.00 bits per heavy atom. The van der Waals surface area contributed by atoms with E-state index in [2.05, 4.69) is 24.5 Å². The standard InChI is InChI=1S/C30H50N2O10/c1-5-7-9-11-13-15-23-17-27(35)31-26(20-40-22(4)34)30(38)42-24(16-14-12-10-8-6-2)18-28(36)32-25(29(37)41-23)19-39-21(3)33/h23-26H,5-20H2,1-4H3,(H,31,35)(H,32,36). The molecule has 4 atom stereocenters. The molecule has 0 radical (unpaired) electrons. The zero-order valence-electron chi connectivity index (χ0n) is 25.7. The van der Waals surface area contributed by atoms with Gasteiger partial charge in [-0.05, 0) is 25.7 Å². The lowest BCUT2D eigenvalue weighted by Crippen LogP contribution is -2.50. The van der Waals surface area contributed by atoms with Crippen LogP contribution in [0.1, 0.15) is 118 Å². The van der Waals surface area contributed by atoms with E-state index in [4.69, 9.17) is 18.9 Å². The van der Waals surface area contributed by atoms with E-state index in [9.17, 15) is 28.8 Å². The molecule has 1 aliphatic heterocycles. The number of carbonyl (C=O) groups excluding carboxylic acids is 6. The molecule has 0 bridgehead atoms. The Labute approximate surface area is 249 Å². The van der Waals surface area contributed by atoms with Gasteiger partial charge in [-0.1, -0.05) is 65.2 Å². The molecule has 0 aliphatic carbocycles. The second-order valence-electron chi connectivity index (χ2n) is 10.8. The third kappa shape index (κ3) is 16.9. The molecule has 1 heterocycles. The van der Waals surface area contributed by atoms with Gasteiger partial charge in [0.25, 0.3) is 0 Å². The van der Waals surface area contributed by atoms with Crippen LogP contribution in [0.5, 0.6) is 0 Å². The summed E-state index contributed by atoms with van der Waals surface area (Å²) in [6.07, 6.45) is 7.81. The fourth-order valence-corrected chi connectivity index (χ4v) is 4.51. The molecule has 240 valence electrons. The van der Waals surface area contributed by atoms with Gasteiger partial charge in [-0.25, -0.2) is 9.59 Å². The van der Waals surface area contributed by atoms with Crippen molar-refractivity contribution in [3.8, 4) is 0 Å². The first-order valence-electron chi connectivity index (χ1n) is 15.3. The highest BCUT2D eigenvalue weighted by molar-refractivity contribution is 5.87. The highest BCUT2D eigenvalue weighted by Gasteiger charge is 2.32. The number of unbranched alkanes of at least 4 members (excludes halogenated alkanes) is 8. The van der Waals surface area contributed by atoms with Crippen molar-refractivity contribution in [2.24, 2.45) is 0 Å². The predicted molar refractivity (Wildman–Crippen MR) is 153 cm³/mol. The predicted octanol–water partition coefficient (Wildman–Crippen LogP) is 3.42. The normalized spacial score (nSPS) is 22.2. The van der Waals surface area contributed by atoms with Gasteiger partial charge in [0.1, 0.15) is 25.4 Å². The highest BCUT2D eigenvalue weighted by atomic mass is 16.6. The van der Waals surface area contributed by atoms with Crippen molar-refractivity contribution < 1.29 is 47.7 Å². The Bertz CT molecular complexity index is 808. The lowest BCUT2D eigenvalue weighted by atomic mass is 10.0. The quantitative estimate of drug-likeness (QED) is 0.153. The monoisotopic (exact) mass is 598 g/mol. The summed E-state index contributed by atoms with van der Waals surface area (Å²) in [5.74, 6) is -4.13. The fraction of sp³-hybridized carbons (Fsp3) is 0.800. The first-order chi connectivity index (χ1) is 20.0. The van der Waals surface area contributed by atoms with E-state index in [1.165, 1.54) is 13.8 Å². The van der Waals surface area contributed by atoms with Crippen LogP contribution in [0.4, 0.5) is 0 Å². The number of hydrogen-bond donors (Lipinski definition) is 2. The molecular weight excluding hydrogens is 548 g/mol. The zero-order valence-corrected chi connectivity index (χ0v) is 25.7. The lowest BCUT2D eigenvalue weighted by molar-refractivity contribution is -0.163. The van der Waals surface area contributed by atoms with E-state index in [0.717, 1.165) is 51.4 Å². The van der Waals surface area contributed by atoms with Gasteiger partial charge in [-0.2, -0.15) is 0 Å². The van der Waals surface area contributed by atoms with Crippen molar-refractivity contribution in [2.45, 2.75) is 142 Å². The molecule has 0 saturated carbocycles. The number of cyclic esters (lactones) is 2. The van der Waals surface area contributed by atoms with E-state index >= 15 is 0 Å². The maximum absolute atomic E-state index is 13.1. The second kappa shape index (κ2) is 21.5. The molecule has 0 aromatic heterocycles. The van der Waals surface area contributed by atoms with Gasteiger partial charge in [0.15, 0.2) is 12.1 Å². The molecule has 12 nitrogen and oxygen atoms in total. The maximum Gasteiger partial charge on any atom is 0.332 e. The van der Waals surface area contributed by atoms with Crippen molar-refractivity contribution in [3.63, 3.8) is 0 Å². The number of esters is 4. The Morgan fingerprint density at radius 3 is 1.33 bits per heavy atom. The minimum Gasteiger partial charge on any atom is -0.463 e. The molecule has 2 N–H and O–H groups in total. The summed E-state index contributed by atoms with van der Waals surface area (Å²) >= 11 is 0. The molecule has 4 unspecified atom stereocenters. The van der Waals surface area contributed by atoms with Crippen LogP contribution in [-0.2, 0) is 47.7 Å². The van der Waals surface area contributed by atoms with Gasteiger partial charge < -0.3 is 29.6 Å². The molecule has 0 aromatic carbocycles. The molecule has 0 spiro atoms. The molecule has 1 saturated heterocycles. The van der Waals surface area contributed by atoms with Gasteiger partial charge in [-0.3, -0.25) is 19.2 Å². The van der Waals surface area contributed by atoms with Crippen LogP contribution in [0.15, 0.2) is 0 Å². The molecule has 42 heavy (non-hydrogen) atoms. The van der Waals surface area contributed by atoms with Crippen LogP contribution in [0.25, 0.3) is 0 Å². The topological polar surface area (TPSA) is 163 Å². The van der Waals surface area contributed by atoms with E-state index in [0.29, 0.717) is 25.7 Å². The van der Waals surface area contributed by atoms with Crippen LogP contribution in [0, 0.1) is 0 Å². The smallest absolute Gasteiger partial charge is 0.332 e. The molecule has 1 aliphatic rings. The van der Waals surface area contributed by atoms with Gasteiger partial charge >= 0.3 is 23.9 Å². The summed E-state index contributed by atoms with van der Waals surface area (Å²) in [7, 11) is 0. The van der Waals surface area contributed by atoms with Gasteiger partial charge in [0.2, 0.25) is 11.8 Å². The van der Waals surface area contributed by atoms with Crippen molar-refractivity contribution in [3.05, 3.63) is 0 Å². The van der Waals surface area contributed by atoms with E-state index in [1.807, 2.05) is 0 Å². The number of rotatable bonds is 16. The number of nitrogens with one attached hydrogen (secondary N) is 2. The Balaban J connectivity index is 3.20. The Kier molecular flexibility index (Phi) is 18.9. The first-order valence-corrected chi connectivity index (χ1v) is 15.3. The Hall–Kier alpha value is -3.18. The third-order valence-electron chi connectivity index (χ3n) is 6.80. The molecule has 1 fully saturated rings. The van der Waals surface area contributed by atoms with Crippen molar-refractivity contribution in [2.75, 3.05) is 13.2 Å². The van der Waals surface area contributed by atoms with Crippen LogP contribution < -0.4 is 10.6 Å². The summed E-state index contributed by atoms with van der Waals surface area (Å²) in [5, 5.41) is 5.09. The maximum atomic E-state index is 13.1. The van der Waals surface area contributed by atoms with Crippen LogP contribution in [-0.4, -0.2) is 73.2 Å². The molecule has 12 heteroatoms. The highest BCUT2D eigenvalue weighted by Crippen LogP contribution is 2.17. The number of hydrogen-bond acceptors (Lipinski definition) is 10. The summed E-state index contributed by atoms with van der Waals surface area (Å²) in [6, 6.07) is -2.60. The summed E-state index contributed by atoms with van der Waals surface area (Å²) in [4.78, 5) is 75.2. The van der Waals surface area contributed by atoms with Gasteiger partial charge in [0.05, 0.1) is 12.8 Å². The average Bonchev–Trinajstić information content (AvgIpc) is 2.91. The van der Waals surface area contributed by atoms with Crippen LogP contribution in [0.2, 0.25) is 0 Å². The van der Waals surface area contributed by atoms with Crippen molar-refractivity contribution in [1.29, 1.82) is 0 Å². The van der Waals surface area contributed by atoms with E-state index in [-0.39, 0.29) is 12.8 Å².